The molecule has 76 valence electrons. The summed E-state index contributed by atoms with van der Waals surface area (Å²) in [7, 11) is 0. The Hall–Kier alpha value is -1.61. The highest BCUT2D eigenvalue weighted by atomic mass is 35.5. The first-order valence-electron chi connectivity index (χ1n) is 4.47. The van der Waals surface area contributed by atoms with Crippen LogP contribution in [0.1, 0.15) is 15.9 Å². The monoisotopic (exact) mass is 220 g/mol. The van der Waals surface area contributed by atoms with Gasteiger partial charge in [-0.25, -0.2) is 4.68 Å². The molecule has 0 aliphatic heterocycles. The lowest BCUT2D eigenvalue weighted by molar-refractivity contribution is 0.112. The molecule has 0 atom stereocenters. The Morgan fingerprint density at radius 3 is 2.80 bits per heavy atom. The molecule has 1 aromatic carbocycles. The van der Waals surface area contributed by atoms with E-state index in [0.717, 1.165) is 17.5 Å². The van der Waals surface area contributed by atoms with Crippen LogP contribution >= 0.6 is 11.6 Å². The zero-order chi connectivity index (χ0) is 10.8. The number of nitrogens with zero attached hydrogens (tertiary/aromatic N) is 2. The second-order valence-corrected chi connectivity index (χ2v) is 3.69. The predicted octanol–water partition coefficient (Wildman–Crippen LogP) is 2.65. The minimum atomic E-state index is 0.440. The third kappa shape index (κ3) is 1.92. The zero-order valence-electron chi connectivity index (χ0n) is 8.14. The van der Waals surface area contributed by atoms with Gasteiger partial charge in [0.2, 0.25) is 0 Å². The molecule has 4 heteroatoms. The van der Waals surface area contributed by atoms with Gasteiger partial charge in [-0.15, -0.1) is 0 Å². The number of aryl methyl sites for hydroxylation is 1. The predicted molar refractivity (Wildman–Crippen MR) is 58.7 cm³/mol. The van der Waals surface area contributed by atoms with Crippen molar-refractivity contribution in [1.29, 1.82) is 0 Å². The second kappa shape index (κ2) is 3.87. The molecule has 1 heterocycles. The Morgan fingerprint density at radius 2 is 2.27 bits per heavy atom. The third-order valence-electron chi connectivity index (χ3n) is 2.09. The molecule has 0 spiro atoms. The summed E-state index contributed by atoms with van der Waals surface area (Å²) in [5.41, 5.74) is 2.41. The van der Waals surface area contributed by atoms with Crippen molar-refractivity contribution in [3.63, 3.8) is 0 Å². The average Bonchev–Trinajstić information content (AvgIpc) is 2.65. The van der Waals surface area contributed by atoms with Gasteiger partial charge < -0.3 is 0 Å². The van der Waals surface area contributed by atoms with Crippen LogP contribution in [0.2, 0.25) is 5.02 Å². The topological polar surface area (TPSA) is 34.9 Å². The van der Waals surface area contributed by atoms with E-state index in [-0.39, 0.29) is 0 Å². The molecular weight excluding hydrogens is 212 g/mol. The zero-order valence-corrected chi connectivity index (χ0v) is 8.90. The lowest BCUT2D eigenvalue weighted by Gasteiger charge is -2.02. The molecule has 0 aliphatic carbocycles. The molecule has 0 aliphatic rings. The first-order chi connectivity index (χ1) is 7.20. The van der Waals surface area contributed by atoms with Crippen molar-refractivity contribution in [2.45, 2.75) is 6.92 Å². The maximum atomic E-state index is 10.6. The van der Waals surface area contributed by atoms with E-state index in [0.29, 0.717) is 10.6 Å². The highest BCUT2D eigenvalue weighted by Gasteiger charge is 2.03. The number of aromatic nitrogens is 2. The molecular formula is C11H9ClN2O. The van der Waals surface area contributed by atoms with E-state index in [1.54, 1.807) is 23.0 Å². The quantitative estimate of drug-likeness (QED) is 0.730. The second-order valence-electron chi connectivity index (χ2n) is 3.29. The van der Waals surface area contributed by atoms with Gasteiger partial charge in [-0.2, -0.15) is 5.10 Å². The fourth-order valence-electron chi connectivity index (χ4n) is 1.31. The van der Waals surface area contributed by atoms with Crippen LogP contribution in [0, 0.1) is 6.92 Å². The van der Waals surface area contributed by atoms with E-state index in [2.05, 4.69) is 5.10 Å². The van der Waals surface area contributed by atoms with E-state index in [1.165, 1.54) is 0 Å². The Labute approximate surface area is 92.3 Å². The summed E-state index contributed by atoms with van der Waals surface area (Å²) < 4.78 is 1.72. The largest absolute Gasteiger partial charge is 0.298 e. The molecule has 3 nitrogen and oxygen atoms in total. The minimum absolute atomic E-state index is 0.440. The number of benzene rings is 1. The van der Waals surface area contributed by atoms with Gasteiger partial charge in [-0.3, -0.25) is 4.79 Å². The molecule has 0 N–H and O–H groups in total. The van der Waals surface area contributed by atoms with Crippen LogP contribution in [0.4, 0.5) is 0 Å². The maximum absolute atomic E-state index is 10.6. The van der Waals surface area contributed by atoms with Crippen molar-refractivity contribution in [2.24, 2.45) is 0 Å². The number of aldehydes is 1. The van der Waals surface area contributed by atoms with Crippen LogP contribution in [-0.4, -0.2) is 16.1 Å². The standard InChI is InChI=1S/C11H9ClN2O/c1-8-5-13-14(6-8)10-3-2-9(7-15)11(12)4-10/h2-7H,1H3. The molecule has 0 radical (unpaired) electrons. The van der Waals surface area contributed by atoms with Gasteiger partial charge >= 0.3 is 0 Å². The molecule has 0 fully saturated rings. The summed E-state index contributed by atoms with van der Waals surface area (Å²) in [6, 6.07) is 5.21. The van der Waals surface area contributed by atoms with Gasteiger partial charge in [0.05, 0.1) is 16.9 Å². The Morgan fingerprint density at radius 1 is 1.47 bits per heavy atom. The van der Waals surface area contributed by atoms with Crippen molar-refractivity contribution in [2.75, 3.05) is 0 Å². The molecule has 0 bridgehead atoms. The maximum Gasteiger partial charge on any atom is 0.151 e. The van der Waals surface area contributed by atoms with Crippen LogP contribution in [0.3, 0.4) is 0 Å². The van der Waals surface area contributed by atoms with Crippen LogP contribution in [0.15, 0.2) is 30.6 Å². The van der Waals surface area contributed by atoms with Gasteiger partial charge in [0.25, 0.3) is 0 Å². The van der Waals surface area contributed by atoms with E-state index in [9.17, 15) is 4.79 Å². The van der Waals surface area contributed by atoms with Crippen molar-refractivity contribution in [3.8, 4) is 5.69 Å². The van der Waals surface area contributed by atoms with Crippen molar-refractivity contribution >= 4 is 17.9 Å². The van der Waals surface area contributed by atoms with Gasteiger partial charge in [0.15, 0.2) is 6.29 Å². The molecule has 15 heavy (non-hydrogen) atoms. The first kappa shape index (κ1) is 9.93. The number of carbonyl (C=O) groups is 1. The van der Waals surface area contributed by atoms with Gasteiger partial charge in [-0.1, -0.05) is 11.6 Å². The van der Waals surface area contributed by atoms with Gasteiger partial charge in [0, 0.05) is 11.8 Å². The lowest BCUT2D eigenvalue weighted by Crippen LogP contribution is -1.95. The minimum Gasteiger partial charge on any atom is -0.298 e. The van der Waals surface area contributed by atoms with Crippen LogP contribution in [0.5, 0.6) is 0 Å². The van der Waals surface area contributed by atoms with E-state index in [4.69, 9.17) is 11.6 Å². The summed E-state index contributed by atoms with van der Waals surface area (Å²) in [5, 5.41) is 4.59. The normalized spacial score (nSPS) is 10.3. The number of hydrogen-bond acceptors (Lipinski definition) is 2. The highest BCUT2D eigenvalue weighted by molar-refractivity contribution is 6.33. The third-order valence-corrected chi connectivity index (χ3v) is 2.41. The number of halogens is 1. The van der Waals surface area contributed by atoms with Crippen molar-refractivity contribution < 1.29 is 4.79 Å². The summed E-state index contributed by atoms with van der Waals surface area (Å²) >= 11 is 5.91. The number of carbonyl (C=O) groups excluding carboxylic acids is 1. The fraction of sp³-hybridized carbons (Fsp3) is 0.0909. The first-order valence-corrected chi connectivity index (χ1v) is 4.85. The summed E-state index contributed by atoms with van der Waals surface area (Å²) in [4.78, 5) is 10.6. The van der Waals surface area contributed by atoms with Crippen LogP contribution in [0.25, 0.3) is 5.69 Å². The molecule has 1 aromatic heterocycles. The summed E-state index contributed by atoms with van der Waals surface area (Å²) in [6.45, 7) is 1.96. The smallest absolute Gasteiger partial charge is 0.151 e. The lowest BCUT2D eigenvalue weighted by atomic mass is 10.2. The molecule has 0 saturated heterocycles. The number of hydrogen-bond donors (Lipinski definition) is 0. The van der Waals surface area contributed by atoms with Crippen LogP contribution in [-0.2, 0) is 0 Å². The Balaban J connectivity index is 2.46. The molecule has 2 aromatic rings. The van der Waals surface area contributed by atoms with E-state index >= 15 is 0 Å². The average molecular weight is 221 g/mol. The SMILES string of the molecule is Cc1cnn(-c2ccc(C=O)c(Cl)c2)c1. The van der Waals surface area contributed by atoms with E-state index in [1.807, 2.05) is 19.2 Å². The van der Waals surface area contributed by atoms with Gasteiger partial charge in [0.1, 0.15) is 0 Å². The van der Waals surface area contributed by atoms with Crippen LogP contribution < -0.4 is 0 Å². The summed E-state index contributed by atoms with van der Waals surface area (Å²) in [6.07, 6.45) is 4.40. The number of rotatable bonds is 2. The highest BCUT2D eigenvalue weighted by Crippen LogP contribution is 2.18. The summed E-state index contributed by atoms with van der Waals surface area (Å²) in [5.74, 6) is 0. The Kier molecular flexibility index (Phi) is 2.56. The van der Waals surface area contributed by atoms with Crippen molar-refractivity contribution in [3.05, 3.63) is 46.7 Å². The molecule has 2 rings (SSSR count). The Bertz CT molecular complexity index is 505. The molecule has 0 amide bonds. The fourth-order valence-corrected chi connectivity index (χ4v) is 1.53. The van der Waals surface area contributed by atoms with Crippen molar-refractivity contribution in [1.82, 2.24) is 9.78 Å². The van der Waals surface area contributed by atoms with E-state index < -0.39 is 0 Å². The van der Waals surface area contributed by atoms with Gasteiger partial charge in [-0.05, 0) is 30.7 Å². The molecule has 0 saturated carbocycles. The molecule has 0 unspecified atom stereocenters.